The monoisotopic (exact) mass is 222 g/mol. The molecule has 1 rings (SSSR count). The molecule has 1 atom stereocenters. The lowest BCUT2D eigenvalue weighted by Crippen LogP contribution is -2.16. The summed E-state index contributed by atoms with van der Waals surface area (Å²) in [5.74, 6) is 0.0659. The van der Waals surface area contributed by atoms with E-state index < -0.39 is 6.10 Å². The molecule has 3 nitrogen and oxygen atoms in total. The van der Waals surface area contributed by atoms with E-state index in [1.54, 1.807) is 12.1 Å². The number of ether oxygens (including phenoxy) is 1. The molecular formula is C13H18O3. The minimum absolute atomic E-state index is 0.0659. The Labute approximate surface area is 96.1 Å². The maximum atomic E-state index is 11.7. The molecule has 0 spiro atoms. The first-order valence-electron chi connectivity index (χ1n) is 5.58. The average molecular weight is 222 g/mol. The number of hydrogen-bond donors (Lipinski definition) is 1. The number of carbonyl (C=O) groups excluding carboxylic acids is 1. The van der Waals surface area contributed by atoms with E-state index in [9.17, 15) is 9.90 Å². The number of Topliss-reactive ketones (excluding diaryl/α,β-unsaturated/α-hetero) is 1. The van der Waals surface area contributed by atoms with E-state index in [1.807, 2.05) is 25.1 Å². The first kappa shape index (κ1) is 12.9. The van der Waals surface area contributed by atoms with Gasteiger partial charge in [-0.3, -0.25) is 4.79 Å². The summed E-state index contributed by atoms with van der Waals surface area (Å²) in [6.45, 7) is 2.77. The number of hydrogen-bond acceptors (Lipinski definition) is 3. The van der Waals surface area contributed by atoms with Crippen LogP contribution in [0.4, 0.5) is 0 Å². The number of carbonyl (C=O) groups is 1. The van der Waals surface area contributed by atoms with Crippen LogP contribution in [0.1, 0.15) is 30.1 Å². The predicted molar refractivity (Wildman–Crippen MR) is 62.5 cm³/mol. The maximum Gasteiger partial charge on any atom is 0.162 e. The summed E-state index contributed by atoms with van der Waals surface area (Å²) in [4.78, 5) is 11.7. The van der Waals surface area contributed by atoms with Crippen LogP contribution in [-0.2, 0) is 4.74 Å². The van der Waals surface area contributed by atoms with Gasteiger partial charge in [0, 0.05) is 18.6 Å². The van der Waals surface area contributed by atoms with Crippen molar-refractivity contribution in [1.29, 1.82) is 0 Å². The third-order valence-electron chi connectivity index (χ3n) is 2.31. The molecule has 0 saturated carbocycles. The molecule has 0 fully saturated rings. The zero-order valence-electron chi connectivity index (χ0n) is 9.56. The van der Waals surface area contributed by atoms with E-state index in [0.717, 1.165) is 0 Å². The Bertz CT molecular complexity index is 308. The number of rotatable bonds is 7. The maximum absolute atomic E-state index is 11.7. The van der Waals surface area contributed by atoms with Crippen LogP contribution in [0.15, 0.2) is 30.3 Å². The van der Waals surface area contributed by atoms with Crippen LogP contribution in [0.2, 0.25) is 0 Å². The largest absolute Gasteiger partial charge is 0.391 e. The fourth-order valence-electron chi connectivity index (χ4n) is 1.40. The van der Waals surface area contributed by atoms with Crippen LogP contribution in [-0.4, -0.2) is 30.2 Å². The topological polar surface area (TPSA) is 46.5 Å². The van der Waals surface area contributed by atoms with E-state index in [-0.39, 0.29) is 5.78 Å². The molecule has 0 aliphatic heterocycles. The minimum Gasteiger partial charge on any atom is -0.391 e. The molecule has 1 N–H and O–H groups in total. The molecule has 1 aromatic carbocycles. The SMILES string of the molecule is CCOCC(O)CCC(=O)c1ccccc1. The van der Waals surface area contributed by atoms with E-state index in [0.29, 0.717) is 31.6 Å². The van der Waals surface area contributed by atoms with Gasteiger partial charge in [0.25, 0.3) is 0 Å². The van der Waals surface area contributed by atoms with Crippen molar-refractivity contribution < 1.29 is 14.6 Å². The standard InChI is InChI=1S/C13H18O3/c1-2-16-10-12(14)8-9-13(15)11-6-4-3-5-7-11/h3-7,12,14H,2,8-10H2,1H3. The highest BCUT2D eigenvalue weighted by molar-refractivity contribution is 5.95. The smallest absolute Gasteiger partial charge is 0.162 e. The fourth-order valence-corrected chi connectivity index (χ4v) is 1.40. The summed E-state index contributed by atoms with van der Waals surface area (Å²) in [5.41, 5.74) is 0.700. The van der Waals surface area contributed by atoms with Crippen molar-refractivity contribution in [3.8, 4) is 0 Å². The van der Waals surface area contributed by atoms with Crippen molar-refractivity contribution in [3.63, 3.8) is 0 Å². The Kier molecular flexibility index (Phi) is 5.75. The summed E-state index contributed by atoms with van der Waals surface area (Å²) in [7, 11) is 0. The van der Waals surface area contributed by atoms with Crippen molar-refractivity contribution in [1.82, 2.24) is 0 Å². The molecule has 0 saturated heterocycles. The third kappa shape index (κ3) is 4.55. The molecule has 16 heavy (non-hydrogen) atoms. The minimum atomic E-state index is -0.549. The van der Waals surface area contributed by atoms with Gasteiger partial charge in [-0.05, 0) is 13.3 Å². The van der Waals surface area contributed by atoms with Gasteiger partial charge in [-0.15, -0.1) is 0 Å². The van der Waals surface area contributed by atoms with E-state index >= 15 is 0 Å². The quantitative estimate of drug-likeness (QED) is 0.718. The summed E-state index contributed by atoms with van der Waals surface area (Å²) in [6, 6.07) is 9.13. The lowest BCUT2D eigenvalue weighted by molar-refractivity contribution is 0.0367. The second-order valence-electron chi connectivity index (χ2n) is 3.64. The molecule has 0 radical (unpaired) electrons. The summed E-state index contributed by atoms with van der Waals surface area (Å²) in [6.07, 6.45) is 0.263. The normalized spacial score (nSPS) is 12.4. The van der Waals surface area contributed by atoms with Crippen molar-refractivity contribution in [2.45, 2.75) is 25.9 Å². The predicted octanol–water partition coefficient (Wildman–Crippen LogP) is 2.05. The lowest BCUT2D eigenvalue weighted by Gasteiger charge is -2.09. The molecule has 0 aliphatic rings. The van der Waals surface area contributed by atoms with E-state index in [2.05, 4.69) is 0 Å². The van der Waals surface area contributed by atoms with Gasteiger partial charge >= 0.3 is 0 Å². The highest BCUT2D eigenvalue weighted by atomic mass is 16.5. The van der Waals surface area contributed by atoms with Gasteiger partial charge in [-0.25, -0.2) is 0 Å². The van der Waals surface area contributed by atoms with Crippen LogP contribution < -0.4 is 0 Å². The Morgan fingerprint density at radius 1 is 1.38 bits per heavy atom. The Morgan fingerprint density at radius 3 is 2.69 bits per heavy atom. The molecule has 1 unspecified atom stereocenters. The number of aliphatic hydroxyl groups is 1. The zero-order chi connectivity index (χ0) is 11.8. The van der Waals surface area contributed by atoms with Crippen molar-refractivity contribution in [2.24, 2.45) is 0 Å². The molecule has 0 aliphatic carbocycles. The summed E-state index contributed by atoms with van der Waals surface area (Å²) >= 11 is 0. The third-order valence-corrected chi connectivity index (χ3v) is 2.31. The second kappa shape index (κ2) is 7.14. The zero-order valence-corrected chi connectivity index (χ0v) is 9.56. The Balaban J connectivity index is 2.30. The van der Waals surface area contributed by atoms with Gasteiger partial charge < -0.3 is 9.84 Å². The van der Waals surface area contributed by atoms with Crippen molar-refractivity contribution in [3.05, 3.63) is 35.9 Å². The summed E-state index contributed by atoms with van der Waals surface area (Å²) < 4.78 is 5.07. The molecule has 0 bridgehead atoms. The van der Waals surface area contributed by atoms with Crippen LogP contribution >= 0.6 is 0 Å². The van der Waals surface area contributed by atoms with Crippen molar-refractivity contribution >= 4 is 5.78 Å². The molecule has 0 amide bonds. The molecule has 3 heteroatoms. The number of ketones is 1. The molecule has 0 aromatic heterocycles. The highest BCUT2D eigenvalue weighted by Gasteiger charge is 2.09. The van der Waals surface area contributed by atoms with Crippen LogP contribution in [0.25, 0.3) is 0 Å². The number of aliphatic hydroxyl groups excluding tert-OH is 1. The first-order chi connectivity index (χ1) is 7.74. The summed E-state index contributed by atoms with van der Waals surface area (Å²) in [5, 5.41) is 9.50. The highest BCUT2D eigenvalue weighted by Crippen LogP contribution is 2.07. The molecule has 0 heterocycles. The average Bonchev–Trinajstić information content (AvgIpc) is 2.34. The fraction of sp³-hybridized carbons (Fsp3) is 0.462. The Hall–Kier alpha value is -1.19. The van der Waals surface area contributed by atoms with Gasteiger partial charge in [0.2, 0.25) is 0 Å². The molecule has 1 aromatic rings. The first-order valence-corrected chi connectivity index (χ1v) is 5.58. The van der Waals surface area contributed by atoms with Gasteiger partial charge in [-0.1, -0.05) is 30.3 Å². The van der Waals surface area contributed by atoms with Gasteiger partial charge in [0.05, 0.1) is 12.7 Å². The van der Waals surface area contributed by atoms with Crippen LogP contribution in [0.5, 0.6) is 0 Å². The van der Waals surface area contributed by atoms with Gasteiger partial charge in [0.1, 0.15) is 0 Å². The second-order valence-corrected chi connectivity index (χ2v) is 3.64. The number of benzene rings is 1. The van der Waals surface area contributed by atoms with E-state index in [1.165, 1.54) is 0 Å². The Morgan fingerprint density at radius 2 is 2.06 bits per heavy atom. The van der Waals surface area contributed by atoms with Gasteiger partial charge in [0.15, 0.2) is 5.78 Å². The van der Waals surface area contributed by atoms with Crippen molar-refractivity contribution in [2.75, 3.05) is 13.2 Å². The van der Waals surface area contributed by atoms with Crippen LogP contribution in [0.3, 0.4) is 0 Å². The van der Waals surface area contributed by atoms with Gasteiger partial charge in [-0.2, -0.15) is 0 Å². The van der Waals surface area contributed by atoms with E-state index in [4.69, 9.17) is 4.74 Å². The molecular weight excluding hydrogens is 204 g/mol. The lowest BCUT2D eigenvalue weighted by atomic mass is 10.0. The van der Waals surface area contributed by atoms with Crippen LogP contribution in [0, 0.1) is 0 Å². The molecule has 88 valence electrons.